The van der Waals surface area contributed by atoms with E-state index in [-0.39, 0.29) is 23.3 Å². The molecule has 0 aliphatic heterocycles. The summed E-state index contributed by atoms with van der Waals surface area (Å²) in [4.78, 5) is 43.1. The van der Waals surface area contributed by atoms with E-state index in [0.717, 1.165) is 0 Å². The molecule has 0 unspecified atom stereocenters. The topological polar surface area (TPSA) is 289 Å². The molecule has 0 aromatic heterocycles. The lowest BCUT2D eigenvalue weighted by molar-refractivity contribution is 0.272. The normalized spacial score (nSPS) is 8.43. The van der Waals surface area contributed by atoms with E-state index in [0.29, 0.717) is 0 Å². The first-order valence-electron chi connectivity index (χ1n) is 1.57. The summed E-state index contributed by atoms with van der Waals surface area (Å²) in [6, 6.07) is 0. The molecule has 0 aromatic rings. The maximum atomic E-state index is 8.88. The van der Waals surface area contributed by atoms with Crippen LogP contribution < -0.4 is 12.3 Å². The first-order valence-corrected chi connectivity index (χ1v) is 4.70. The van der Waals surface area contributed by atoms with Crippen LogP contribution in [0.2, 0.25) is 0 Å². The molecule has 16 N–H and O–H groups in total. The molecule has 96 valence electrons. The molecule has 0 amide bonds. The van der Waals surface area contributed by atoms with Gasteiger partial charge in [0.1, 0.15) is 0 Å². The summed E-state index contributed by atoms with van der Waals surface area (Å²) in [6.45, 7) is 0. The fourth-order valence-electron chi connectivity index (χ4n) is 0. The van der Waals surface area contributed by atoms with Crippen LogP contribution in [0.1, 0.15) is 0 Å². The van der Waals surface area contributed by atoms with Gasteiger partial charge in [-0.2, -0.15) is 0 Å². The molecule has 0 atom stereocenters. The Morgan fingerprint density at radius 3 is 0.571 bits per heavy atom. The third kappa shape index (κ3) is 410000. The molecule has 14 heteroatoms. The third-order valence-corrected chi connectivity index (χ3v) is 0. The standard InChI is InChI=1S/2H3N.2H3O4P.2H2O/c;;2*1-5(2,3)4;;/h2*1H3;2*(H3,1,2,3,4);2*1H2. The van der Waals surface area contributed by atoms with Gasteiger partial charge in [-0.3, -0.25) is 0 Å². The summed E-state index contributed by atoms with van der Waals surface area (Å²) in [7, 11) is -9.28. The molecule has 0 aliphatic rings. The number of hydrogen-bond donors (Lipinski definition) is 8. The fourth-order valence-corrected chi connectivity index (χ4v) is 0. The van der Waals surface area contributed by atoms with Crippen molar-refractivity contribution in [2.75, 3.05) is 0 Å². The van der Waals surface area contributed by atoms with Crippen molar-refractivity contribution in [2.24, 2.45) is 0 Å². The molecule has 0 rings (SSSR count). The Balaban J connectivity index is -0.0000000178. The van der Waals surface area contributed by atoms with Gasteiger partial charge in [-0.25, -0.2) is 9.13 Å². The van der Waals surface area contributed by atoms with Gasteiger partial charge in [-0.15, -0.1) is 0 Å². The van der Waals surface area contributed by atoms with Crippen LogP contribution in [0, 0.1) is 0 Å². The molecule has 0 heterocycles. The van der Waals surface area contributed by atoms with Gasteiger partial charge in [0.25, 0.3) is 0 Å². The van der Waals surface area contributed by atoms with E-state index in [1.54, 1.807) is 0 Å². The second-order valence-corrected chi connectivity index (χ2v) is 3.08. The highest BCUT2D eigenvalue weighted by atomic mass is 31.2. The second-order valence-electron chi connectivity index (χ2n) is 1.03. The predicted molar refractivity (Wildman–Crippen MR) is 45.8 cm³/mol. The van der Waals surface area contributed by atoms with Crippen molar-refractivity contribution in [3.63, 3.8) is 0 Å². The lowest BCUT2D eigenvalue weighted by atomic mass is 14.0. The Labute approximate surface area is 78.5 Å². The summed E-state index contributed by atoms with van der Waals surface area (Å²) in [6.07, 6.45) is 0. The van der Waals surface area contributed by atoms with Crippen LogP contribution in [0.5, 0.6) is 0 Å². The van der Waals surface area contributed by atoms with Gasteiger partial charge in [0.05, 0.1) is 0 Å². The summed E-state index contributed by atoms with van der Waals surface area (Å²) >= 11 is 0. The van der Waals surface area contributed by atoms with E-state index in [2.05, 4.69) is 0 Å². The van der Waals surface area contributed by atoms with Crippen LogP contribution in [0.15, 0.2) is 0 Å². The number of phosphoric acid groups is 2. The van der Waals surface area contributed by atoms with Crippen molar-refractivity contribution >= 4 is 15.6 Å². The van der Waals surface area contributed by atoms with E-state index >= 15 is 0 Å². The number of hydrogen-bond acceptors (Lipinski definition) is 4. The zero-order chi connectivity index (χ0) is 9.00. The minimum Gasteiger partial charge on any atom is -0.412 e. The highest BCUT2D eigenvalue weighted by molar-refractivity contribution is 7.45. The van der Waals surface area contributed by atoms with Crippen molar-refractivity contribution in [1.82, 2.24) is 12.3 Å². The maximum Gasteiger partial charge on any atom is 0.466 e. The molecule has 0 bridgehead atoms. The van der Waals surface area contributed by atoms with Crippen LogP contribution in [-0.4, -0.2) is 40.3 Å². The van der Waals surface area contributed by atoms with E-state index in [1.165, 1.54) is 0 Å². The fraction of sp³-hybridized carbons (Fsp3) is 0. The van der Waals surface area contributed by atoms with Crippen molar-refractivity contribution in [2.45, 2.75) is 0 Å². The lowest BCUT2D eigenvalue weighted by Crippen LogP contribution is -1.66. The predicted octanol–water partition coefficient (Wildman–Crippen LogP) is -3.18. The van der Waals surface area contributed by atoms with Crippen LogP contribution in [-0.2, 0) is 9.13 Å². The van der Waals surface area contributed by atoms with Crippen LogP contribution in [0.3, 0.4) is 0 Å². The van der Waals surface area contributed by atoms with Crippen molar-refractivity contribution in [1.29, 1.82) is 0 Å². The molecule has 0 fully saturated rings. The molecule has 0 aliphatic carbocycles. The Bertz CT molecular complexity index is 128. The van der Waals surface area contributed by atoms with Gasteiger partial charge < -0.3 is 52.6 Å². The zero-order valence-corrected chi connectivity index (χ0v) is 8.60. The first-order chi connectivity index (χ1) is 4.00. The van der Waals surface area contributed by atoms with E-state index in [9.17, 15) is 0 Å². The van der Waals surface area contributed by atoms with Gasteiger partial charge in [0.2, 0.25) is 0 Å². The van der Waals surface area contributed by atoms with E-state index < -0.39 is 15.6 Å². The molecule has 0 saturated heterocycles. The highest BCUT2D eigenvalue weighted by Gasteiger charge is 2.00. The highest BCUT2D eigenvalue weighted by Crippen LogP contribution is 2.26. The molecule has 0 radical (unpaired) electrons. The van der Waals surface area contributed by atoms with Crippen molar-refractivity contribution in [3.05, 3.63) is 0 Å². The number of rotatable bonds is 0. The smallest absolute Gasteiger partial charge is 0.412 e. The summed E-state index contributed by atoms with van der Waals surface area (Å²) in [5.74, 6) is 0. The molecule has 0 saturated carbocycles. The van der Waals surface area contributed by atoms with Crippen LogP contribution in [0.4, 0.5) is 0 Å². The van der Waals surface area contributed by atoms with Crippen LogP contribution in [0.25, 0.3) is 0 Å². The van der Waals surface area contributed by atoms with Crippen molar-refractivity contribution in [3.8, 4) is 0 Å². The SMILES string of the molecule is N.N.O.O.O=P(O)(O)O.O=P(O)(O)O. The average Bonchev–Trinajstić information content (AvgIpc) is 1.12. The minimum absolute atomic E-state index is 0. The van der Waals surface area contributed by atoms with E-state index in [1.807, 2.05) is 0 Å². The van der Waals surface area contributed by atoms with E-state index in [4.69, 9.17) is 38.5 Å². The molecule has 14 heavy (non-hydrogen) atoms. The zero-order valence-electron chi connectivity index (χ0n) is 6.81. The molecule has 0 spiro atoms. The Morgan fingerprint density at radius 1 is 0.571 bits per heavy atom. The summed E-state index contributed by atoms with van der Waals surface area (Å²) < 4.78 is 17.8. The molecule has 0 aromatic carbocycles. The molecular weight excluding hydrogens is 250 g/mol. The largest absolute Gasteiger partial charge is 0.466 e. The van der Waals surface area contributed by atoms with Gasteiger partial charge in [-0.1, -0.05) is 0 Å². The summed E-state index contributed by atoms with van der Waals surface area (Å²) in [5.41, 5.74) is 0. The van der Waals surface area contributed by atoms with Gasteiger partial charge in [0.15, 0.2) is 0 Å². The quantitative estimate of drug-likeness (QED) is 0.203. The van der Waals surface area contributed by atoms with Gasteiger partial charge in [-0.05, 0) is 0 Å². The second kappa shape index (κ2) is 13.1. The minimum atomic E-state index is -4.64. The van der Waals surface area contributed by atoms with Gasteiger partial charge in [0, 0.05) is 0 Å². The third-order valence-electron chi connectivity index (χ3n) is 0. The van der Waals surface area contributed by atoms with Gasteiger partial charge >= 0.3 is 15.6 Å². The van der Waals surface area contributed by atoms with Crippen molar-refractivity contribution < 1.29 is 49.4 Å². The first kappa shape index (κ1) is 36.9. The Morgan fingerprint density at radius 2 is 0.571 bits per heavy atom. The Kier molecular flexibility index (Phi) is 34.4. The summed E-state index contributed by atoms with van der Waals surface area (Å²) in [5, 5.41) is 0. The average molecular weight is 266 g/mol. The Hall–Kier alpha value is 0.0600. The lowest BCUT2D eigenvalue weighted by Gasteiger charge is -1.82. The van der Waals surface area contributed by atoms with Crippen LogP contribution >= 0.6 is 15.6 Å². The monoisotopic (exact) mass is 266 g/mol. The molecule has 12 nitrogen and oxygen atoms in total. The molecular formula is H16N2O10P2. The maximum absolute atomic E-state index is 8.88.